The summed E-state index contributed by atoms with van der Waals surface area (Å²) in [5.74, 6) is 1.25. The van der Waals surface area contributed by atoms with Gasteiger partial charge in [0.15, 0.2) is 0 Å². The molecule has 0 bridgehead atoms. The number of thiophene rings is 1. The average molecular weight is 334 g/mol. The van der Waals surface area contributed by atoms with Crippen LogP contribution in [0.1, 0.15) is 44.0 Å². The lowest BCUT2D eigenvalue weighted by molar-refractivity contribution is 0.465. The van der Waals surface area contributed by atoms with Crippen molar-refractivity contribution in [2.45, 2.75) is 50.4 Å². The normalized spacial score (nSPS) is 26.3. The van der Waals surface area contributed by atoms with Crippen LogP contribution < -0.4 is 5.32 Å². The zero-order valence-electron chi connectivity index (χ0n) is 10.4. The lowest BCUT2D eigenvalue weighted by Crippen LogP contribution is -2.29. The fourth-order valence-electron chi connectivity index (χ4n) is 2.52. The van der Waals surface area contributed by atoms with Gasteiger partial charge in [-0.05, 0) is 59.3 Å². The first kappa shape index (κ1) is 13.9. The molecule has 0 spiro atoms. The summed E-state index contributed by atoms with van der Waals surface area (Å²) in [6, 6.07) is 3.32. The van der Waals surface area contributed by atoms with Gasteiger partial charge in [-0.3, -0.25) is 0 Å². The van der Waals surface area contributed by atoms with E-state index in [1.807, 2.05) is 11.3 Å². The second-order valence-corrected chi connectivity index (χ2v) is 7.99. The molecule has 17 heavy (non-hydrogen) atoms. The Hall–Kier alpha value is 0.490. The molecule has 1 heterocycles. The minimum absolute atomic E-state index is 0.472. The third-order valence-electron chi connectivity index (χ3n) is 3.31. The number of halogens is 1. The molecule has 0 saturated heterocycles. The Morgan fingerprint density at radius 1 is 1.59 bits per heavy atom. The van der Waals surface area contributed by atoms with Crippen LogP contribution in [0.3, 0.4) is 0 Å². The third kappa shape index (κ3) is 3.72. The molecular weight excluding hydrogens is 314 g/mol. The SMILES string of the molecule is CCSC1CCC(NC(C)c2sccc2Br)C1. The molecule has 0 amide bonds. The molecule has 0 aromatic carbocycles. The van der Waals surface area contributed by atoms with Gasteiger partial charge in [0.05, 0.1) is 0 Å². The van der Waals surface area contributed by atoms with Gasteiger partial charge < -0.3 is 5.32 Å². The largest absolute Gasteiger partial charge is 0.307 e. The zero-order chi connectivity index (χ0) is 12.3. The van der Waals surface area contributed by atoms with Crippen molar-refractivity contribution >= 4 is 39.0 Å². The van der Waals surface area contributed by atoms with E-state index in [0.29, 0.717) is 12.1 Å². The van der Waals surface area contributed by atoms with Crippen LogP contribution in [0, 0.1) is 0 Å². The Bertz CT molecular complexity index is 353. The molecule has 0 radical (unpaired) electrons. The molecule has 0 aliphatic heterocycles. The molecule has 2 rings (SSSR count). The van der Waals surface area contributed by atoms with Crippen molar-refractivity contribution in [2.24, 2.45) is 0 Å². The first-order valence-electron chi connectivity index (χ1n) is 6.31. The van der Waals surface area contributed by atoms with Gasteiger partial charge in [0.25, 0.3) is 0 Å². The fourth-order valence-corrected chi connectivity index (χ4v) is 5.40. The highest BCUT2D eigenvalue weighted by Crippen LogP contribution is 2.33. The van der Waals surface area contributed by atoms with Gasteiger partial charge in [-0.25, -0.2) is 0 Å². The smallest absolute Gasteiger partial charge is 0.0399 e. The summed E-state index contributed by atoms with van der Waals surface area (Å²) in [6.45, 7) is 4.54. The number of thioether (sulfide) groups is 1. The van der Waals surface area contributed by atoms with Gasteiger partial charge in [-0.15, -0.1) is 11.3 Å². The van der Waals surface area contributed by atoms with E-state index in [-0.39, 0.29) is 0 Å². The first-order valence-corrected chi connectivity index (χ1v) is 9.03. The van der Waals surface area contributed by atoms with Gasteiger partial charge in [0, 0.05) is 26.7 Å². The minimum atomic E-state index is 0.472. The Morgan fingerprint density at radius 2 is 2.41 bits per heavy atom. The maximum absolute atomic E-state index is 3.78. The van der Waals surface area contributed by atoms with Gasteiger partial charge in [-0.1, -0.05) is 6.92 Å². The predicted octanol–water partition coefficient (Wildman–Crippen LogP) is 4.84. The highest BCUT2D eigenvalue weighted by atomic mass is 79.9. The van der Waals surface area contributed by atoms with Gasteiger partial charge >= 0.3 is 0 Å². The third-order valence-corrected chi connectivity index (χ3v) is 6.60. The van der Waals surface area contributed by atoms with Gasteiger partial charge in [0.1, 0.15) is 0 Å². The summed E-state index contributed by atoms with van der Waals surface area (Å²) in [5, 5.41) is 6.82. The molecule has 3 atom stereocenters. The van der Waals surface area contributed by atoms with Crippen LogP contribution in [-0.2, 0) is 0 Å². The maximum Gasteiger partial charge on any atom is 0.0399 e. The van der Waals surface area contributed by atoms with Crippen molar-refractivity contribution in [2.75, 3.05) is 5.75 Å². The number of hydrogen-bond acceptors (Lipinski definition) is 3. The van der Waals surface area contributed by atoms with Crippen LogP contribution >= 0.6 is 39.0 Å². The van der Waals surface area contributed by atoms with Crippen molar-refractivity contribution in [1.29, 1.82) is 0 Å². The Kier molecular flexibility index (Phi) is 5.40. The van der Waals surface area contributed by atoms with E-state index < -0.39 is 0 Å². The Labute approximate surface area is 121 Å². The lowest BCUT2D eigenvalue weighted by atomic mass is 10.2. The molecule has 96 valence electrons. The van der Waals surface area contributed by atoms with Gasteiger partial charge in [-0.2, -0.15) is 11.8 Å². The summed E-state index contributed by atoms with van der Waals surface area (Å²) in [5.41, 5.74) is 0. The van der Waals surface area contributed by atoms with Crippen molar-refractivity contribution in [3.63, 3.8) is 0 Å². The van der Waals surface area contributed by atoms with Crippen molar-refractivity contribution in [3.8, 4) is 0 Å². The van der Waals surface area contributed by atoms with E-state index in [9.17, 15) is 0 Å². The summed E-state index contributed by atoms with van der Waals surface area (Å²) in [4.78, 5) is 1.43. The van der Waals surface area contributed by atoms with Crippen molar-refractivity contribution in [1.82, 2.24) is 5.32 Å². The summed E-state index contributed by atoms with van der Waals surface area (Å²) < 4.78 is 1.25. The number of rotatable bonds is 5. The van der Waals surface area contributed by atoms with Crippen LogP contribution in [-0.4, -0.2) is 17.0 Å². The number of nitrogens with one attached hydrogen (secondary N) is 1. The highest BCUT2D eigenvalue weighted by Gasteiger charge is 2.26. The molecule has 4 heteroatoms. The highest BCUT2D eigenvalue weighted by molar-refractivity contribution is 9.10. The van der Waals surface area contributed by atoms with E-state index in [4.69, 9.17) is 0 Å². The second-order valence-electron chi connectivity index (χ2n) is 4.61. The summed E-state index contributed by atoms with van der Waals surface area (Å²) >= 11 is 7.58. The van der Waals surface area contributed by atoms with E-state index >= 15 is 0 Å². The molecule has 1 aliphatic carbocycles. The summed E-state index contributed by atoms with van der Waals surface area (Å²) in [6.07, 6.45) is 4.06. The lowest BCUT2D eigenvalue weighted by Gasteiger charge is -2.19. The van der Waals surface area contributed by atoms with E-state index in [2.05, 4.69) is 58.3 Å². The molecule has 1 aliphatic rings. The summed E-state index contributed by atoms with van der Waals surface area (Å²) in [7, 11) is 0. The molecule has 3 unspecified atom stereocenters. The van der Waals surface area contributed by atoms with Crippen molar-refractivity contribution < 1.29 is 0 Å². The van der Waals surface area contributed by atoms with Crippen LogP contribution in [0.15, 0.2) is 15.9 Å². The van der Waals surface area contributed by atoms with Crippen LogP contribution in [0.5, 0.6) is 0 Å². The Balaban J connectivity index is 1.84. The number of hydrogen-bond donors (Lipinski definition) is 1. The predicted molar refractivity (Wildman–Crippen MR) is 83.1 cm³/mol. The first-order chi connectivity index (χ1) is 8.20. The maximum atomic E-state index is 3.78. The monoisotopic (exact) mass is 333 g/mol. The average Bonchev–Trinajstić information content (AvgIpc) is 2.88. The van der Waals surface area contributed by atoms with Crippen LogP contribution in [0.4, 0.5) is 0 Å². The Morgan fingerprint density at radius 3 is 3.06 bits per heavy atom. The molecule has 1 aromatic heterocycles. The molecule has 1 aromatic rings. The van der Waals surface area contributed by atoms with E-state index in [1.54, 1.807) is 0 Å². The second kappa shape index (κ2) is 6.60. The van der Waals surface area contributed by atoms with E-state index in [0.717, 1.165) is 5.25 Å². The standard InChI is InChI=1S/C13H20BrNS2/c1-3-16-11-5-4-10(8-11)15-9(2)13-12(14)6-7-17-13/h6-7,9-11,15H,3-5,8H2,1-2H3. The van der Waals surface area contributed by atoms with Gasteiger partial charge in [0.2, 0.25) is 0 Å². The quantitative estimate of drug-likeness (QED) is 0.827. The molecule has 1 fully saturated rings. The van der Waals surface area contributed by atoms with Crippen LogP contribution in [0.2, 0.25) is 0 Å². The molecule has 1 nitrogen and oxygen atoms in total. The zero-order valence-corrected chi connectivity index (χ0v) is 13.6. The molecule has 1 N–H and O–H groups in total. The topological polar surface area (TPSA) is 12.0 Å². The minimum Gasteiger partial charge on any atom is -0.307 e. The van der Waals surface area contributed by atoms with Crippen molar-refractivity contribution in [3.05, 3.63) is 20.8 Å². The fraction of sp³-hybridized carbons (Fsp3) is 0.692. The molecule has 1 saturated carbocycles. The van der Waals surface area contributed by atoms with E-state index in [1.165, 1.54) is 34.4 Å². The molecular formula is C13H20BrNS2. The van der Waals surface area contributed by atoms with Crippen LogP contribution in [0.25, 0.3) is 0 Å².